The highest BCUT2D eigenvalue weighted by Gasteiger charge is 1.97. The third kappa shape index (κ3) is 0.792. The average molecular weight is 84.1 g/mol. The van der Waals surface area contributed by atoms with Crippen LogP contribution in [0.2, 0.25) is 0 Å². The highest BCUT2D eigenvalue weighted by atomic mass is 14.9. The summed E-state index contributed by atoms with van der Waals surface area (Å²) in [7, 11) is 0. The molecule has 0 fully saturated rings. The molecular formula is C4H8N2+. The van der Waals surface area contributed by atoms with Gasteiger partial charge in [-0.15, -0.1) is 0 Å². The van der Waals surface area contributed by atoms with Gasteiger partial charge >= 0.3 is 0 Å². The highest BCUT2D eigenvalue weighted by molar-refractivity contribution is 5.58. The number of aliphatic imine (C=N–C) groups is 1. The van der Waals surface area contributed by atoms with Crippen molar-refractivity contribution in [2.24, 2.45) is 0 Å². The molecule has 0 aromatic carbocycles. The van der Waals surface area contributed by atoms with E-state index in [4.69, 9.17) is 0 Å². The van der Waals surface area contributed by atoms with Crippen molar-refractivity contribution in [3.63, 3.8) is 0 Å². The molecule has 6 heavy (non-hydrogen) atoms. The van der Waals surface area contributed by atoms with Crippen molar-refractivity contribution in [3.8, 4) is 0 Å². The van der Waals surface area contributed by atoms with Crippen LogP contribution < -0.4 is 10.3 Å². The Morgan fingerprint density at radius 1 is 1.67 bits per heavy atom. The minimum atomic E-state index is 0.958. The molecule has 0 bridgehead atoms. The van der Waals surface area contributed by atoms with Gasteiger partial charge in [0.25, 0.3) is 0 Å². The third-order valence-electron chi connectivity index (χ3n) is 0.782. The summed E-state index contributed by atoms with van der Waals surface area (Å²) in [4.78, 5) is 3.99. The van der Waals surface area contributed by atoms with Crippen LogP contribution in [0.1, 0.15) is 0 Å². The Morgan fingerprint density at radius 3 is 2.83 bits per heavy atom. The summed E-state index contributed by atoms with van der Waals surface area (Å²) in [6, 6.07) is 0. The predicted molar refractivity (Wildman–Crippen MR) is 25.9 cm³/mol. The molecule has 1 aliphatic rings. The summed E-state index contributed by atoms with van der Waals surface area (Å²) >= 11 is 0. The van der Waals surface area contributed by atoms with Gasteiger partial charge in [-0.25, -0.2) is 0 Å². The van der Waals surface area contributed by atoms with Crippen LogP contribution in [0.5, 0.6) is 0 Å². The molecule has 1 heterocycles. The van der Waals surface area contributed by atoms with Gasteiger partial charge in [0, 0.05) is 4.99 Å². The maximum atomic E-state index is 3.99. The van der Waals surface area contributed by atoms with E-state index in [1.54, 1.807) is 0 Å². The van der Waals surface area contributed by atoms with Crippen LogP contribution in [0, 0.1) is 0 Å². The Balaban J connectivity index is 2.26. The molecule has 0 aromatic heterocycles. The van der Waals surface area contributed by atoms with Crippen molar-refractivity contribution in [1.82, 2.24) is 10.3 Å². The normalized spacial score (nSPS) is 21.3. The standard InChI is InChI=1S/C4H8N2/c1-2-6-4-3-5-1/h1,6H,2-4H2/q+1. The summed E-state index contributed by atoms with van der Waals surface area (Å²) < 4.78 is 0. The summed E-state index contributed by atoms with van der Waals surface area (Å²) in [5, 5.41) is 3.14. The van der Waals surface area contributed by atoms with Crippen LogP contribution in [0.4, 0.5) is 0 Å². The van der Waals surface area contributed by atoms with Crippen molar-refractivity contribution >= 4 is 6.21 Å². The second-order valence-corrected chi connectivity index (χ2v) is 1.29. The topological polar surface area (TPSA) is 26.1 Å². The van der Waals surface area contributed by atoms with Gasteiger partial charge in [-0.2, -0.15) is 0 Å². The molecule has 1 rings (SSSR count). The van der Waals surface area contributed by atoms with E-state index in [1.165, 1.54) is 0 Å². The molecule has 33 valence electrons. The molecule has 0 atom stereocenters. The van der Waals surface area contributed by atoms with Gasteiger partial charge in [0.15, 0.2) is 0 Å². The Morgan fingerprint density at radius 2 is 2.67 bits per heavy atom. The molecule has 0 unspecified atom stereocenters. The number of hydrogen-bond donors (Lipinski definition) is 1. The first kappa shape index (κ1) is 3.81. The molecule has 0 aromatic rings. The number of hydrogen-bond acceptors (Lipinski definition) is 2. The molecule has 0 spiro atoms. The summed E-state index contributed by atoms with van der Waals surface area (Å²) in [5.74, 6) is 0. The lowest BCUT2D eigenvalue weighted by Gasteiger charge is -1.91. The van der Waals surface area contributed by atoms with Crippen LogP contribution in [0.15, 0.2) is 0 Å². The first-order valence-electron chi connectivity index (χ1n) is 2.19. The van der Waals surface area contributed by atoms with Gasteiger partial charge in [-0.1, -0.05) is 0 Å². The van der Waals surface area contributed by atoms with E-state index in [0.29, 0.717) is 0 Å². The Bertz CT molecular complexity index is 50.6. The lowest BCUT2D eigenvalue weighted by Crippen LogP contribution is -2.28. The molecule has 0 amide bonds. The van der Waals surface area contributed by atoms with Crippen molar-refractivity contribution in [2.45, 2.75) is 0 Å². The summed E-state index contributed by atoms with van der Waals surface area (Å²) in [5.41, 5.74) is 0. The van der Waals surface area contributed by atoms with E-state index in [9.17, 15) is 0 Å². The minimum absolute atomic E-state index is 0.958. The number of nitrogens with zero attached hydrogens (tertiary/aromatic N) is 1. The van der Waals surface area contributed by atoms with Crippen LogP contribution in [-0.4, -0.2) is 25.8 Å². The SMILES string of the molecule is C1=[N+]CCNC1. The molecular weight excluding hydrogens is 76.1 g/mol. The summed E-state index contributed by atoms with van der Waals surface area (Å²) in [6.07, 6.45) is 1.91. The second kappa shape index (κ2) is 1.92. The minimum Gasteiger partial charge on any atom is -0.302 e. The highest BCUT2D eigenvalue weighted by Crippen LogP contribution is 1.58. The number of rotatable bonds is 0. The van der Waals surface area contributed by atoms with Gasteiger partial charge in [-0.3, -0.25) is 0 Å². The first-order chi connectivity index (χ1) is 3.00. The zero-order valence-corrected chi connectivity index (χ0v) is 3.65. The molecule has 0 saturated heterocycles. The van der Waals surface area contributed by atoms with E-state index < -0.39 is 0 Å². The van der Waals surface area contributed by atoms with E-state index in [-0.39, 0.29) is 0 Å². The van der Waals surface area contributed by atoms with Crippen LogP contribution in [-0.2, 0) is 0 Å². The monoisotopic (exact) mass is 84.1 g/mol. The van der Waals surface area contributed by atoms with E-state index >= 15 is 0 Å². The van der Waals surface area contributed by atoms with Gasteiger partial charge < -0.3 is 5.32 Å². The fraction of sp³-hybridized carbons (Fsp3) is 0.750. The fourth-order valence-corrected chi connectivity index (χ4v) is 0.466. The molecule has 2 nitrogen and oxygen atoms in total. The van der Waals surface area contributed by atoms with Crippen molar-refractivity contribution < 1.29 is 0 Å². The van der Waals surface area contributed by atoms with Crippen molar-refractivity contribution in [1.29, 1.82) is 0 Å². The Hall–Kier alpha value is -0.370. The van der Waals surface area contributed by atoms with Crippen LogP contribution in [0.25, 0.3) is 0 Å². The van der Waals surface area contributed by atoms with Gasteiger partial charge in [-0.05, 0) is 0 Å². The molecule has 0 saturated carbocycles. The maximum Gasteiger partial charge on any atom is 0.225 e. The van der Waals surface area contributed by atoms with E-state index in [1.807, 2.05) is 6.21 Å². The molecule has 0 aliphatic carbocycles. The van der Waals surface area contributed by atoms with Crippen molar-refractivity contribution in [2.75, 3.05) is 19.6 Å². The predicted octanol–water partition coefficient (Wildman–Crippen LogP) is -1.00. The molecule has 1 N–H and O–H groups in total. The average Bonchev–Trinajstić information content (AvgIpc) is 1.72. The smallest absolute Gasteiger partial charge is 0.225 e. The second-order valence-electron chi connectivity index (χ2n) is 1.29. The quantitative estimate of drug-likeness (QED) is 0.400. The molecule has 1 aliphatic heterocycles. The Kier molecular flexibility index (Phi) is 1.22. The Labute approximate surface area is 37.3 Å². The molecule has 2 heteroatoms. The van der Waals surface area contributed by atoms with Gasteiger partial charge in [0.1, 0.15) is 0 Å². The van der Waals surface area contributed by atoms with Gasteiger partial charge in [0.05, 0.1) is 13.1 Å². The lowest BCUT2D eigenvalue weighted by atomic mass is 10.5. The van der Waals surface area contributed by atoms with E-state index in [0.717, 1.165) is 19.6 Å². The zero-order valence-electron chi connectivity index (χ0n) is 3.65. The largest absolute Gasteiger partial charge is 0.302 e. The molecule has 1 radical (unpaired) electrons. The summed E-state index contributed by atoms with van der Waals surface area (Å²) in [6.45, 7) is 2.97. The lowest BCUT2D eigenvalue weighted by molar-refractivity contribution is 0.715. The van der Waals surface area contributed by atoms with Crippen molar-refractivity contribution in [3.05, 3.63) is 0 Å². The van der Waals surface area contributed by atoms with Crippen LogP contribution in [0.3, 0.4) is 0 Å². The fourth-order valence-electron chi connectivity index (χ4n) is 0.466. The third-order valence-corrected chi connectivity index (χ3v) is 0.782. The zero-order chi connectivity index (χ0) is 4.24. The maximum absolute atomic E-state index is 3.99. The van der Waals surface area contributed by atoms with Crippen LogP contribution >= 0.6 is 0 Å². The first-order valence-corrected chi connectivity index (χ1v) is 2.19. The van der Waals surface area contributed by atoms with Gasteiger partial charge in [0.2, 0.25) is 12.8 Å². The number of nitrogens with one attached hydrogen (secondary N) is 1. The van der Waals surface area contributed by atoms with E-state index in [2.05, 4.69) is 10.3 Å².